The van der Waals surface area contributed by atoms with Gasteiger partial charge in [-0.25, -0.2) is 4.98 Å². The fraction of sp³-hybridized carbons (Fsp3) is 0.250. The highest BCUT2D eigenvalue weighted by Gasteiger charge is 2.00. The average molecular weight is 217 g/mol. The second-order valence-electron chi connectivity index (χ2n) is 3.08. The molecule has 0 saturated carbocycles. The first-order chi connectivity index (χ1) is 7.40. The van der Waals surface area contributed by atoms with E-state index < -0.39 is 0 Å². The van der Waals surface area contributed by atoms with E-state index in [0.717, 1.165) is 10.5 Å². The van der Waals surface area contributed by atoms with Gasteiger partial charge in [0.1, 0.15) is 5.01 Å². The SMILES string of the molecule is OCCC#CCc1nc2ccccc2s1. The smallest absolute Gasteiger partial charge is 0.106 e. The van der Waals surface area contributed by atoms with Crippen LogP contribution < -0.4 is 0 Å². The first-order valence-electron chi connectivity index (χ1n) is 4.81. The van der Waals surface area contributed by atoms with E-state index in [2.05, 4.69) is 22.9 Å². The van der Waals surface area contributed by atoms with Crippen LogP contribution in [0.4, 0.5) is 0 Å². The van der Waals surface area contributed by atoms with Crippen molar-refractivity contribution in [3.05, 3.63) is 29.3 Å². The second kappa shape index (κ2) is 4.92. The lowest BCUT2D eigenvalue weighted by Crippen LogP contribution is -1.80. The molecule has 0 aliphatic heterocycles. The maximum absolute atomic E-state index is 8.56. The molecule has 1 N–H and O–H groups in total. The van der Waals surface area contributed by atoms with E-state index in [0.29, 0.717) is 12.8 Å². The molecule has 0 aliphatic rings. The van der Waals surface area contributed by atoms with Crippen molar-refractivity contribution < 1.29 is 5.11 Å². The zero-order valence-electron chi connectivity index (χ0n) is 8.23. The largest absolute Gasteiger partial charge is 0.395 e. The summed E-state index contributed by atoms with van der Waals surface area (Å²) in [5.41, 5.74) is 1.04. The van der Waals surface area contributed by atoms with Gasteiger partial charge in [-0.1, -0.05) is 18.1 Å². The van der Waals surface area contributed by atoms with Gasteiger partial charge in [-0.15, -0.1) is 17.3 Å². The van der Waals surface area contributed by atoms with Crippen LogP contribution >= 0.6 is 11.3 Å². The first kappa shape index (κ1) is 10.2. The summed E-state index contributed by atoms with van der Waals surface area (Å²) in [6.45, 7) is 0.132. The van der Waals surface area contributed by atoms with Crippen LogP contribution in [0.1, 0.15) is 11.4 Å². The predicted octanol–water partition coefficient (Wildman–Crippen LogP) is 2.22. The molecular weight excluding hydrogens is 206 g/mol. The summed E-state index contributed by atoms with van der Waals surface area (Å²) < 4.78 is 1.21. The number of para-hydroxylation sites is 1. The number of hydrogen-bond donors (Lipinski definition) is 1. The molecule has 1 aromatic heterocycles. The van der Waals surface area contributed by atoms with Gasteiger partial charge in [0, 0.05) is 6.42 Å². The lowest BCUT2D eigenvalue weighted by Gasteiger charge is -1.82. The standard InChI is InChI=1S/C12H11NOS/c14-9-5-1-2-8-12-13-10-6-3-4-7-11(10)15-12/h3-4,6-7,14H,5,8-9H2. The molecule has 0 fully saturated rings. The number of benzene rings is 1. The molecule has 1 heterocycles. The van der Waals surface area contributed by atoms with Gasteiger partial charge >= 0.3 is 0 Å². The Balaban J connectivity index is 2.13. The van der Waals surface area contributed by atoms with Gasteiger partial charge in [-0.2, -0.15) is 0 Å². The summed E-state index contributed by atoms with van der Waals surface area (Å²) in [7, 11) is 0. The number of rotatable bonds is 2. The number of aliphatic hydroxyl groups is 1. The Labute approximate surface area is 92.6 Å². The average Bonchev–Trinajstić information content (AvgIpc) is 2.67. The molecular formula is C12H11NOS. The van der Waals surface area contributed by atoms with Crippen LogP contribution in [0.15, 0.2) is 24.3 Å². The number of nitrogens with zero attached hydrogens (tertiary/aromatic N) is 1. The summed E-state index contributed by atoms with van der Waals surface area (Å²) in [6.07, 6.45) is 1.23. The van der Waals surface area contributed by atoms with Crippen LogP contribution in [0, 0.1) is 11.8 Å². The molecule has 0 unspecified atom stereocenters. The van der Waals surface area contributed by atoms with Gasteiger partial charge in [-0.3, -0.25) is 0 Å². The molecule has 15 heavy (non-hydrogen) atoms. The van der Waals surface area contributed by atoms with Crippen molar-refractivity contribution in [1.29, 1.82) is 0 Å². The Kier molecular flexibility index (Phi) is 3.33. The van der Waals surface area contributed by atoms with E-state index in [4.69, 9.17) is 5.11 Å². The van der Waals surface area contributed by atoms with Crippen molar-refractivity contribution in [2.75, 3.05) is 6.61 Å². The third kappa shape index (κ3) is 2.56. The topological polar surface area (TPSA) is 33.1 Å². The molecule has 0 bridgehead atoms. The van der Waals surface area contributed by atoms with E-state index in [1.807, 2.05) is 18.2 Å². The fourth-order valence-electron chi connectivity index (χ4n) is 1.28. The molecule has 0 spiro atoms. The lowest BCUT2D eigenvalue weighted by atomic mass is 10.3. The van der Waals surface area contributed by atoms with E-state index >= 15 is 0 Å². The quantitative estimate of drug-likeness (QED) is 0.782. The Bertz CT molecular complexity index is 474. The normalized spacial score (nSPS) is 9.93. The predicted molar refractivity (Wildman–Crippen MR) is 62.8 cm³/mol. The van der Waals surface area contributed by atoms with E-state index in [9.17, 15) is 0 Å². The van der Waals surface area contributed by atoms with Crippen molar-refractivity contribution in [3.8, 4) is 11.8 Å². The summed E-state index contributed by atoms with van der Waals surface area (Å²) in [6, 6.07) is 8.08. The summed E-state index contributed by atoms with van der Waals surface area (Å²) in [5, 5.41) is 9.61. The molecule has 0 radical (unpaired) electrons. The summed E-state index contributed by atoms with van der Waals surface area (Å²) in [5.74, 6) is 5.90. The molecule has 0 atom stereocenters. The van der Waals surface area contributed by atoms with E-state index in [-0.39, 0.29) is 6.61 Å². The van der Waals surface area contributed by atoms with Crippen molar-refractivity contribution in [1.82, 2.24) is 4.98 Å². The van der Waals surface area contributed by atoms with E-state index in [1.54, 1.807) is 11.3 Å². The number of hydrogen-bond acceptors (Lipinski definition) is 3. The van der Waals surface area contributed by atoms with Gasteiger partial charge in [-0.05, 0) is 12.1 Å². The maximum atomic E-state index is 8.56. The molecule has 3 heteroatoms. The number of thiazole rings is 1. The summed E-state index contributed by atoms with van der Waals surface area (Å²) in [4.78, 5) is 4.46. The van der Waals surface area contributed by atoms with Crippen molar-refractivity contribution in [3.63, 3.8) is 0 Å². The molecule has 76 valence electrons. The zero-order valence-corrected chi connectivity index (χ0v) is 9.05. The van der Waals surface area contributed by atoms with Crippen LogP contribution in [-0.4, -0.2) is 16.7 Å². The molecule has 0 aliphatic carbocycles. The monoisotopic (exact) mass is 217 g/mol. The maximum Gasteiger partial charge on any atom is 0.106 e. The van der Waals surface area contributed by atoms with Gasteiger partial charge in [0.25, 0.3) is 0 Å². The molecule has 2 aromatic rings. The van der Waals surface area contributed by atoms with E-state index in [1.165, 1.54) is 4.70 Å². The van der Waals surface area contributed by atoms with Crippen molar-refractivity contribution in [2.24, 2.45) is 0 Å². The highest BCUT2D eigenvalue weighted by molar-refractivity contribution is 7.18. The zero-order chi connectivity index (χ0) is 10.5. The Hall–Kier alpha value is -1.37. The molecule has 1 aromatic carbocycles. The van der Waals surface area contributed by atoms with Crippen LogP contribution in [0.5, 0.6) is 0 Å². The van der Waals surface area contributed by atoms with Gasteiger partial charge in [0.2, 0.25) is 0 Å². The number of aliphatic hydroxyl groups excluding tert-OH is 1. The molecule has 0 amide bonds. The molecule has 0 saturated heterocycles. The molecule has 2 nitrogen and oxygen atoms in total. The van der Waals surface area contributed by atoms with Gasteiger partial charge in [0.05, 0.1) is 23.2 Å². The van der Waals surface area contributed by atoms with Gasteiger partial charge < -0.3 is 5.11 Å². The summed E-state index contributed by atoms with van der Waals surface area (Å²) >= 11 is 1.68. The Morgan fingerprint density at radius 3 is 2.93 bits per heavy atom. The van der Waals surface area contributed by atoms with Crippen LogP contribution in [0.2, 0.25) is 0 Å². The third-order valence-corrected chi connectivity index (χ3v) is 2.98. The fourth-order valence-corrected chi connectivity index (χ4v) is 2.18. The van der Waals surface area contributed by atoms with Crippen LogP contribution in [-0.2, 0) is 6.42 Å². The van der Waals surface area contributed by atoms with Gasteiger partial charge in [0.15, 0.2) is 0 Å². The minimum Gasteiger partial charge on any atom is -0.395 e. The number of fused-ring (bicyclic) bond motifs is 1. The second-order valence-corrected chi connectivity index (χ2v) is 4.19. The van der Waals surface area contributed by atoms with Crippen molar-refractivity contribution >= 4 is 21.6 Å². The number of aromatic nitrogens is 1. The Morgan fingerprint density at radius 1 is 1.27 bits per heavy atom. The highest BCUT2D eigenvalue weighted by atomic mass is 32.1. The lowest BCUT2D eigenvalue weighted by molar-refractivity contribution is 0.305. The van der Waals surface area contributed by atoms with Crippen LogP contribution in [0.3, 0.4) is 0 Å². The first-order valence-corrected chi connectivity index (χ1v) is 5.63. The highest BCUT2D eigenvalue weighted by Crippen LogP contribution is 2.21. The molecule has 2 rings (SSSR count). The van der Waals surface area contributed by atoms with Crippen LogP contribution in [0.25, 0.3) is 10.2 Å². The minimum absolute atomic E-state index is 0.132. The third-order valence-electron chi connectivity index (χ3n) is 1.94. The van der Waals surface area contributed by atoms with Crippen molar-refractivity contribution in [2.45, 2.75) is 12.8 Å². The minimum atomic E-state index is 0.132. The Morgan fingerprint density at radius 2 is 2.13 bits per heavy atom.